The van der Waals surface area contributed by atoms with Crippen LogP contribution < -0.4 is 10.8 Å². The Morgan fingerprint density at radius 3 is 2.17 bits per heavy atom. The lowest BCUT2D eigenvalue weighted by Crippen LogP contribution is -2.66. The van der Waals surface area contributed by atoms with Crippen LogP contribution in [-0.2, 0) is 9.57 Å². The average molecular weight is 256 g/mol. The van der Waals surface area contributed by atoms with Gasteiger partial charge in [-0.25, -0.2) is 0 Å². The van der Waals surface area contributed by atoms with E-state index in [0.717, 1.165) is 19.3 Å². The largest absolute Gasteiger partial charge is 0.328 e. The van der Waals surface area contributed by atoms with Crippen LogP contribution >= 0.6 is 0 Å². The highest BCUT2D eigenvalue weighted by Crippen LogP contribution is 2.40. The molecule has 2 rings (SSSR count). The van der Waals surface area contributed by atoms with Gasteiger partial charge in [0.05, 0.1) is 0 Å². The summed E-state index contributed by atoms with van der Waals surface area (Å²) in [6.07, 6.45) is 2.65. The molecule has 0 aromatic carbocycles. The van der Waals surface area contributed by atoms with E-state index in [9.17, 15) is 0 Å². The third-order valence-electron chi connectivity index (χ3n) is 3.53. The van der Waals surface area contributed by atoms with E-state index in [4.69, 9.17) is 9.57 Å². The van der Waals surface area contributed by atoms with Crippen molar-refractivity contribution in [2.24, 2.45) is 5.92 Å². The molecule has 2 aliphatic rings. The molecule has 0 saturated carbocycles. The number of piperidine rings is 1. The predicted molar refractivity (Wildman–Crippen MR) is 71.8 cm³/mol. The topological polar surface area (TPSA) is 42.5 Å². The maximum atomic E-state index is 6.20. The van der Waals surface area contributed by atoms with E-state index >= 15 is 0 Å². The predicted octanol–water partition coefficient (Wildman–Crippen LogP) is 2.55. The van der Waals surface area contributed by atoms with Gasteiger partial charge in [0, 0.05) is 30.3 Å². The minimum Gasteiger partial charge on any atom is -0.328 e. The van der Waals surface area contributed by atoms with Gasteiger partial charge < -0.3 is 10.1 Å². The Labute approximate surface area is 111 Å². The summed E-state index contributed by atoms with van der Waals surface area (Å²) in [5.74, 6) is 0.578. The van der Waals surface area contributed by atoms with Gasteiger partial charge in [0.2, 0.25) is 0 Å². The van der Waals surface area contributed by atoms with Crippen LogP contribution in [0.5, 0.6) is 0 Å². The fourth-order valence-electron chi connectivity index (χ4n) is 3.60. The standard InChI is InChI=1S/C14H28N2O2/c1-10(2)7-11-17-14(16-18-11)8-12(3,4)15-13(5,6)9-14/h10-11,15-16H,7-9H2,1-6H3. The van der Waals surface area contributed by atoms with E-state index in [1.807, 2.05) is 0 Å². The van der Waals surface area contributed by atoms with Gasteiger partial charge in [-0.2, -0.15) is 5.48 Å². The fraction of sp³-hybridized carbons (Fsp3) is 1.00. The molecule has 2 fully saturated rings. The van der Waals surface area contributed by atoms with Gasteiger partial charge in [0.15, 0.2) is 6.29 Å². The van der Waals surface area contributed by atoms with E-state index in [0.29, 0.717) is 5.92 Å². The van der Waals surface area contributed by atoms with Crippen molar-refractivity contribution in [3.05, 3.63) is 0 Å². The van der Waals surface area contributed by atoms with Crippen molar-refractivity contribution in [2.45, 2.75) is 83.9 Å². The molecular weight excluding hydrogens is 228 g/mol. The van der Waals surface area contributed by atoms with Gasteiger partial charge in [-0.3, -0.25) is 4.84 Å². The maximum Gasteiger partial charge on any atom is 0.180 e. The first kappa shape index (κ1) is 14.3. The summed E-state index contributed by atoms with van der Waals surface area (Å²) >= 11 is 0. The summed E-state index contributed by atoms with van der Waals surface area (Å²) in [6, 6.07) is 0. The molecule has 1 spiro atoms. The molecule has 0 bridgehead atoms. The summed E-state index contributed by atoms with van der Waals surface area (Å²) < 4.78 is 6.20. The number of hydrogen-bond donors (Lipinski definition) is 2. The molecule has 1 unspecified atom stereocenters. The molecule has 18 heavy (non-hydrogen) atoms. The molecular formula is C14H28N2O2. The Morgan fingerprint density at radius 1 is 1.11 bits per heavy atom. The monoisotopic (exact) mass is 256 g/mol. The third-order valence-corrected chi connectivity index (χ3v) is 3.53. The van der Waals surface area contributed by atoms with Crippen molar-refractivity contribution >= 4 is 0 Å². The van der Waals surface area contributed by atoms with E-state index < -0.39 is 0 Å². The zero-order chi connectivity index (χ0) is 13.6. The van der Waals surface area contributed by atoms with E-state index in [2.05, 4.69) is 52.3 Å². The van der Waals surface area contributed by atoms with Gasteiger partial charge in [-0.15, -0.1) is 0 Å². The summed E-state index contributed by atoms with van der Waals surface area (Å²) in [6.45, 7) is 13.3. The number of rotatable bonds is 2. The molecule has 4 heteroatoms. The van der Waals surface area contributed by atoms with Crippen LogP contribution in [0.25, 0.3) is 0 Å². The quantitative estimate of drug-likeness (QED) is 0.797. The number of hydroxylamine groups is 1. The smallest absolute Gasteiger partial charge is 0.180 e. The molecule has 2 heterocycles. The van der Waals surface area contributed by atoms with Crippen molar-refractivity contribution in [1.29, 1.82) is 0 Å². The molecule has 0 aromatic rings. The molecule has 0 radical (unpaired) electrons. The molecule has 2 saturated heterocycles. The van der Waals surface area contributed by atoms with Crippen LogP contribution in [0.2, 0.25) is 0 Å². The van der Waals surface area contributed by atoms with Gasteiger partial charge >= 0.3 is 0 Å². The molecule has 4 nitrogen and oxygen atoms in total. The first-order chi connectivity index (χ1) is 8.12. The van der Waals surface area contributed by atoms with Crippen molar-refractivity contribution in [1.82, 2.24) is 10.8 Å². The normalized spacial score (nSPS) is 33.2. The lowest BCUT2D eigenvalue weighted by molar-refractivity contribution is -0.127. The van der Waals surface area contributed by atoms with Crippen LogP contribution in [-0.4, -0.2) is 23.1 Å². The SMILES string of the molecule is CC(C)CC1ONC2(CC(C)(C)NC(C)(C)C2)O1. The Kier molecular flexibility index (Phi) is 3.52. The zero-order valence-electron chi connectivity index (χ0n) is 12.6. The highest BCUT2D eigenvalue weighted by molar-refractivity contribution is 5.04. The Hall–Kier alpha value is -0.160. The highest BCUT2D eigenvalue weighted by Gasteiger charge is 2.52. The number of ether oxygens (including phenoxy) is 1. The summed E-state index contributed by atoms with van der Waals surface area (Å²) in [4.78, 5) is 5.64. The van der Waals surface area contributed by atoms with Gasteiger partial charge in [-0.05, 0) is 33.6 Å². The molecule has 0 aliphatic carbocycles. The van der Waals surface area contributed by atoms with E-state index in [1.165, 1.54) is 0 Å². The lowest BCUT2D eigenvalue weighted by atomic mass is 9.77. The Bertz CT molecular complexity index is 297. The van der Waals surface area contributed by atoms with Crippen molar-refractivity contribution in [3.63, 3.8) is 0 Å². The lowest BCUT2D eigenvalue weighted by Gasteiger charge is -2.50. The van der Waals surface area contributed by atoms with Crippen LogP contribution in [0, 0.1) is 5.92 Å². The molecule has 1 atom stereocenters. The Balaban J connectivity index is 2.08. The van der Waals surface area contributed by atoms with Crippen LogP contribution in [0.4, 0.5) is 0 Å². The van der Waals surface area contributed by atoms with Gasteiger partial charge in [0.25, 0.3) is 0 Å². The zero-order valence-corrected chi connectivity index (χ0v) is 12.6. The molecule has 0 aromatic heterocycles. The maximum absolute atomic E-state index is 6.20. The van der Waals surface area contributed by atoms with Gasteiger partial charge in [0.1, 0.15) is 5.72 Å². The second-order valence-electron chi connectivity index (χ2n) is 7.64. The average Bonchev–Trinajstić information content (AvgIpc) is 2.39. The minimum absolute atomic E-state index is 0.0465. The summed E-state index contributed by atoms with van der Waals surface area (Å²) in [5, 5.41) is 3.66. The highest BCUT2D eigenvalue weighted by atomic mass is 16.8. The second kappa shape index (κ2) is 4.44. The summed E-state index contributed by atoms with van der Waals surface area (Å²) in [7, 11) is 0. The van der Waals surface area contributed by atoms with E-state index in [-0.39, 0.29) is 23.1 Å². The summed E-state index contributed by atoms with van der Waals surface area (Å²) in [5.41, 5.74) is 2.93. The van der Waals surface area contributed by atoms with Crippen LogP contribution in [0.1, 0.15) is 60.8 Å². The van der Waals surface area contributed by atoms with Crippen molar-refractivity contribution < 1.29 is 9.57 Å². The first-order valence-corrected chi connectivity index (χ1v) is 7.02. The van der Waals surface area contributed by atoms with Crippen LogP contribution in [0.15, 0.2) is 0 Å². The van der Waals surface area contributed by atoms with Crippen LogP contribution in [0.3, 0.4) is 0 Å². The molecule has 2 N–H and O–H groups in total. The van der Waals surface area contributed by atoms with Crippen molar-refractivity contribution in [2.75, 3.05) is 0 Å². The second-order valence-corrected chi connectivity index (χ2v) is 7.64. The first-order valence-electron chi connectivity index (χ1n) is 7.02. The van der Waals surface area contributed by atoms with E-state index in [1.54, 1.807) is 0 Å². The molecule has 106 valence electrons. The molecule has 2 aliphatic heterocycles. The number of hydrogen-bond acceptors (Lipinski definition) is 4. The number of nitrogens with one attached hydrogen (secondary N) is 2. The van der Waals surface area contributed by atoms with Gasteiger partial charge in [-0.1, -0.05) is 13.8 Å². The minimum atomic E-state index is -0.336. The van der Waals surface area contributed by atoms with Crippen molar-refractivity contribution in [3.8, 4) is 0 Å². The molecule has 0 amide bonds. The third kappa shape index (κ3) is 3.23. The fourth-order valence-corrected chi connectivity index (χ4v) is 3.60. The Morgan fingerprint density at radius 2 is 1.67 bits per heavy atom.